The summed E-state index contributed by atoms with van der Waals surface area (Å²) >= 11 is 1.55. The molecule has 0 saturated carbocycles. The summed E-state index contributed by atoms with van der Waals surface area (Å²) in [5.41, 5.74) is 2.61. The van der Waals surface area contributed by atoms with Crippen molar-refractivity contribution in [1.29, 1.82) is 0 Å². The number of benzene rings is 2. The Morgan fingerprint density at radius 2 is 2.03 bits per heavy atom. The number of hydrogen-bond acceptors (Lipinski definition) is 7. The van der Waals surface area contributed by atoms with E-state index in [-0.39, 0.29) is 24.8 Å². The number of carbonyl (C=O) groups is 2. The van der Waals surface area contributed by atoms with Crippen LogP contribution in [-0.2, 0) is 4.79 Å². The van der Waals surface area contributed by atoms with Crippen LogP contribution in [0.1, 0.15) is 15.4 Å². The van der Waals surface area contributed by atoms with E-state index in [0.717, 1.165) is 16.3 Å². The first kappa shape index (κ1) is 19.9. The van der Waals surface area contributed by atoms with Gasteiger partial charge in [-0.1, -0.05) is 0 Å². The summed E-state index contributed by atoms with van der Waals surface area (Å²) in [5.74, 6) is 1.01. The molecule has 30 heavy (non-hydrogen) atoms. The molecule has 0 aliphatic carbocycles. The van der Waals surface area contributed by atoms with Gasteiger partial charge in [0.15, 0.2) is 12.4 Å². The van der Waals surface area contributed by atoms with Gasteiger partial charge in [0.25, 0.3) is 5.91 Å². The van der Waals surface area contributed by atoms with Crippen LogP contribution in [0, 0.1) is 6.92 Å². The van der Waals surface area contributed by atoms with E-state index in [9.17, 15) is 9.59 Å². The second-order valence-corrected chi connectivity index (χ2v) is 7.75. The Balaban J connectivity index is 1.67. The molecule has 0 bridgehead atoms. The largest absolute Gasteiger partial charge is 0.497 e. The van der Waals surface area contributed by atoms with Gasteiger partial charge in [-0.2, -0.15) is 0 Å². The minimum Gasteiger partial charge on any atom is -0.497 e. The van der Waals surface area contributed by atoms with E-state index in [2.05, 4.69) is 4.98 Å². The highest BCUT2D eigenvalue weighted by Crippen LogP contribution is 2.36. The Morgan fingerprint density at radius 1 is 1.20 bits per heavy atom. The van der Waals surface area contributed by atoms with Crippen molar-refractivity contribution in [3.8, 4) is 28.5 Å². The van der Waals surface area contributed by atoms with E-state index in [4.69, 9.17) is 14.2 Å². The molecule has 0 radical (unpaired) electrons. The van der Waals surface area contributed by atoms with E-state index < -0.39 is 0 Å². The summed E-state index contributed by atoms with van der Waals surface area (Å²) in [4.78, 5) is 31.6. The topological polar surface area (TPSA) is 78.0 Å². The number of amides is 1. The molecular weight excluding hydrogens is 404 g/mol. The zero-order valence-electron chi connectivity index (χ0n) is 16.8. The minimum atomic E-state index is -0.282. The summed E-state index contributed by atoms with van der Waals surface area (Å²) in [6.07, 6.45) is 0. The number of methoxy groups -OCH3 is 2. The van der Waals surface area contributed by atoms with E-state index in [1.807, 2.05) is 24.4 Å². The lowest BCUT2D eigenvalue weighted by Gasteiger charge is -2.29. The van der Waals surface area contributed by atoms with Crippen molar-refractivity contribution < 1.29 is 23.8 Å². The highest BCUT2D eigenvalue weighted by Gasteiger charge is 2.29. The number of carbonyl (C=O) groups excluding carboxylic acids is 2. The van der Waals surface area contributed by atoms with Crippen molar-refractivity contribution >= 4 is 28.7 Å². The molecular formula is C22H20N2O5S. The van der Waals surface area contributed by atoms with Gasteiger partial charge in [-0.25, -0.2) is 4.98 Å². The van der Waals surface area contributed by atoms with Gasteiger partial charge < -0.3 is 14.2 Å². The molecule has 0 spiro atoms. The molecule has 3 aromatic rings. The molecule has 1 amide bonds. The molecule has 8 heteroatoms. The first-order valence-electron chi connectivity index (χ1n) is 9.25. The lowest BCUT2D eigenvalue weighted by atomic mass is 10.1. The maximum Gasteiger partial charge on any atom is 0.265 e. The van der Waals surface area contributed by atoms with Gasteiger partial charge >= 0.3 is 0 Å². The van der Waals surface area contributed by atoms with Crippen LogP contribution in [0.2, 0.25) is 0 Å². The average Bonchev–Trinajstić information content (AvgIpc) is 3.21. The van der Waals surface area contributed by atoms with Gasteiger partial charge in [-0.15, -0.1) is 11.3 Å². The van der Waals surface area contributed by atoms with Crippen LogP contribution in [0.5, 0.6) is 17.2 Å². The standard InChI is InChI=1S/C22H20N2O5S/c1-13-23-17(12-30-13)14-4-7-20-18(8-14)24(22(26)11-29-20)10-19(25)16-6-5-15(27-2)9-21(16)28-3/h4-9,12H,10-11H2,1-3H3. The smallest absolute Gasteiger partial charge is 0.265 e. The fourth-order valence-electron chi connectivity index (χ4n) is 3.29. The molecule has 2 heterocycles. The number of anilines is 1. The molecule has 154 valence electrons. The predicted molar refractivity (Wildman–Crippen MR) is 114 cm³/mol. The number of rotatable bonds is 6. The first-order valence-corrected chi connectivity index (χ1v) is 10.1. The van der Waals surface area contributed by atoms with Crippen LogP contribution in [0.25, 0.3) is 11.3 Å². The van der Waals surface area contributed by atoms with Crippen LogP contribution >= 0.6 is 11.3 Å². The summed E-state index contributed by atoms with van der Waals surface area (Å²) in [6, 6.07) is 10.5. The summed E-state index contributed by atoms with van der Waals surface area (Å²) in [6.45, 7) is 1.69. The van der Waals surface area contributed by atoms with E-state index in [1.54, 1.807) is 42.7 Å². The van der Waals surface area contributed by atoms with Crippen LogP contribution in [0.4, 0.5) is 5.69 Å². The highest BCUT2D eigenvalue weighted by molar-refractivity contribution is 7.09. The molecule has 0 atom stereocenters. The van der Waals surface area contributed by atoms with Gasteiger partial charge in [0.1, 0.15) is 17.2 Å². The van der Waals surface area contributed by atoms with Crippen LogP contribution < -0.4 is 19.1 Å². The molecule has 2 aromatic carbocycles. The molecule has 1 aliphatic heterocycles. The fraction of sp³-hybridized carbons (Fsp3) is 0.227. The van der Waals surface area contributed by atoms with Crippen molar-refractivity contribution in [3.05, 3.63) is 52.3 Å². The Morgan fingerprint density at radius 3 is 2.73 bits per heavy atom. The van der Waals surface area contributed by atoms with E-state index in [0.29, 0.717) is 28.5 Å². The van der Waals surface area contributed by atoms with Crippen molar-refractivity contribution in [1.82, 2.24) is 4.98 Å². The monoisotopic (exact) mass is 424 g/mol. The molecule has 0 unspecified atom stereocenters. The maximum absolute atomic E-state index is 13.0. The number of thiazole rings is 1. The number of aryl methyl sites for hydroxylation is 1. The molecule has 0 N–H and O–H groups in total. The summed E-state index contributed by atoms with van der Waals surface area (Å²) in [5, 5.41) is 2.91. The number of Topliss-reactive ketones (excluding diaryl/α,β-unsaturated/α-hetero) is 1. The van der Waals surface area contributed by atoms with Crippen molar-refractivity contribution in [3.63, 3.8) is 0 Å². The number of ether oxygens (including phenoxy) is 3. The Bertz CT molecular complexity index is 1120. The van der Waals surface area contributed by atoms with Gasteiger partial charge in [-0.05, 0) is 37.3 Å². The quantitative estimate of drug-likeness (QED) is 0.561. The van der Waals surface area contributed by atoms with Crippen molar-refractivity contribution in [2.45, 2.75) is 6.92 Å². The Hall–Kier alpha value is -3.39. The maximum atomic E-state index is 13.0. The molecule has 7 nitrogen and oxygen atoms in total. The number of nitrogens with zero attached hydrogens (tertiary/aromatic N) is 2. The molecule has 1 aromatic heterocycles. The second kappa shape index (κ2) is 8.16. The predicted octanol–water partition coefficient (Wildman–Crippen LogP) is 3.74. The number of fused-ring (bicyclic) bond motifs is 1. The number of hydrogen-bond donors (Lipinski definition) is 0. The third kappa shape index (κ3) is 3.73. The van der Waals surface area contributed by atoms with Crippen LogP contribution in [0.15, 0.2) is 41.8 Å². The van der Waals surface area contributed by atoms with Gasteiger partial charge in [0.2, 0.25) is 0 Å². The molecule has 1 aliphatic rings. The average molecular weight is 424 g/mol. The van der Waals surface area contributed by atoms with Gasteiger partial charge in [0.05, 0.1) is 42.7 Å². The zero-order valence-corrected chi connectivity index (χ0v) is 17.6. The summed E-state index contributed by atoms with van der Waals surface area (Å²) in [7, 11) is 3.03. The molecule has 0 fully saturated rings. The normalized spacial score (nSPS) is 12.9. The van der Waals surface area contributed by atoms with Crippen LogP contribution in [-0.4, -0.2) is 44.0 Å². The molecule has 0 saturated heterocycles. The summed E-state index contributed by atoms with van der Waals surface area (Å²) < 4.78 is 16.1. The van der Waals surface area contributed by atoms with Gasteiger partial charge in [-0.3, -0.25) is 14.5 Å². The number of aromatic nitrogens is 1. The van der Waals surface area contributed by atoms with Crippen molar-refractivity contribution in [2.75, 3.05) is 32.3 Å². The van der Waals surface area contributed by atoms with Gasteiger partial charge in [0, 0.05) is 17.0 Å². The molecule has 4 rings (SSSR count). The Labute approximate surface area is 177 Å². The first-order chi connectivity index (χ1) is 14.5. The van der Waals surface area contributed by atoms with Crippen molar-refractivity contribution in [2.24, 2.45) is 0 Å². The van der Waals surface area contributed by atoms with Crippen LogP contribution in [0.3, 0.4) is 0 Å². The Kier molecular flexibility index (Phi) is 5.41. The second-order valence-electron chi connectivity index (χ2n) is 6.69. The highest BCUT2D eigenvalue weighted by atomic mass is 32.1. The van der Waals surface area contributed by atoms with E-state index >= 15 is 0 Å². The van der Waals surface area contributed by atoms with E-state index in [1.165, 1.54) is 12.0 Å². The lowest BCUT2D eigenvalue weighted by molar-refractivity contribution is -0.121. The zero-order chi connectivity index (χ0) is 21.3. The third-order valence-electron chi connectivity index (χ3n) is 4.83. The lowest BCUT2D eigenvalue weighted by Crippen LogP contribution is -2.42. The number of ketones is 1. The fourth-order valence-corrected chi connectivity index (χ4v) is 3.91. The SMILES string of the molecule is COc1ccc(C(=O)CN2C(=O)COc3ccc(-c4csc(C)n4)cc32)c(OC)c1. The minimum absolute atomic E-state index is 0.116. The third-order valence-corrected chi connectivity index (χ3v) is 5.60.